The molecule has 1 N–H and O–H groups in total. The maximum Gasteiger partial charge on any atom is 0.271 e. The van der Waals surface area contributed by atoms with Gasteiger partial charge in [-0.2, -0.15) is 0 Å². The second-order valence-corrected chi connectivity index (χ2v) is 5.73. The van der Waals surface area contributed by atoms with Gasteiger partial charge in [-0.15, -0.1) is 0 Å². The first-order chi connectivity index (χ1) is 9.18. The molecule has 1 aliphatic rings. The van der Waals surface area contributed by atoms with E-state index in [9.17, 15) is 4.79 Å². The molecule has 1 aromatic heterocycles. The Labute approximate surface area is 115 Å². The maximum atomic E-state index is 12.2. The van der Waals surface area contributed by atoms with Gasteiger partial charge in [-0.05, 0) is 24.7 Å². The number of carbonyl (C=O) groups is 1. The first-order valence-electron chi connectivity index (χ1n) is 7.25. The molecule has 4 heteroatoms. The quantitative estimate of drug-likeness (QED) is 0.906. The number of nitrogens with one attached hydrogen (secondary N) is 1. The van der Waals surface area contributed by atoms with Gasteiger partial charge in [-0.3, -0.25) is 9.78 Å². The smallest absolute Gasteiger partial charge is 0.271 e. The minimum atomic E-state index is -0.0997. The lowest BCUT2D eigenvalue weighted by Gasteiger charge is -2.33. The lowest BCUT2D eigenvalue weighted by atomic mass is 9.79. The van der Waals surface area contributed by atoms with Crippen LogP contribution in [0.5, 0.6) is 0 Å². The highest BCUT2D eigenvalue weighted by molar-refractivity contribution is 5.92. The molecule has 0 aromatic carbocycles. The van der Waals surface area contributed by atoms with Crippen LogP contribution in [0.3, 0.4) is 0 Å². The van der Waals surface area contributed by atoms with Crippen molar-refractivity contribution in [2.45, 2.75) is 52.0 Å². The number of hydrogen-bond acceptors (Lipinski definition) is 3. The molecule has 0 aliphatic heterocycles. The Morgan fingerprint density at radius 3 is 2.58 bits per heavy atom. The summed E-state index contributed by atoms with van der Waals surface area (Å²) in [6, 6.07) is 0.245. The van der Waals surface area contributed by atoms with Crippen molar-refractivity contribution in [3.63, 3.8) is 0 Å². The lowest BCUT2D eigenvalue weighted by molar-refractivity contribution is 0.0885. The number of hydrogen-bond donors (Lipinski definition) is 1. The summed E-state index contributed by atoms with van der Waals surface area (Å²) in [6.07, 6.45) is 11.0. The summed E-state index contributed by atoms with van der Waals surface area (Å²) in [6.45, 7) is 4.35. The zero-order valence-electron chi connectivity index (χ0n) is 11.8. The zero-order valence-corrected chi connectivity index (χ0v) is 11.8. The second-order valence-electron chi connectivity index (χ2n) is 5.73. The van der Waals surface area contributed by atoms with Crippen molar-refractivity contribution in [1.82, 2.24) is 15.3 Å². The Hall–Kier alpha value is -1.45. The van der Waals surface area contributed by atoms with Crippen molar-refractivity contribution in [2.75, 3.05) is 0 Å². The SMILES string of the molecule is CC(C)C(NC(=O)c1cnccn1)C1CCCCC1. The van der Waals surface area contributed by atoms with Crippen molar-refractivity contribution >= 4 is 5.91 Å². The van der Waals surface area contributed by atoms with Crippen LogP contribution >= 0.6 is 0 Å². The summed E-state index contributed by atoms with van der Waals surface area (Å²) < 4.78 is 0. The molecule has 1 aromatic rings. The minimum Gasteiger partial charge on any atom is -0.347 e. The molecule has 0 radical (unpaired) electrons. The third-order valence-corrected chi connectivity index (χ3v) is 3.97. The molecule has 0 spiro atoms. The molecule has 104 valence electrons. The van der Waals surface area contributed by atoms with Crippen LogP contribution in [-0.2, 0) is 0 Å². The summed E-state index contributed by atoms with van der Waals surface area (Å²) in [7, 11) is 0. The van der Waals surface area contributed by atoms with E-state index in [2.05, 4.69) is 29.1 Å². The fourth-order valence-electron chi connectivity index (χ4n) is 2.96. The van der Waals surface area contributed by atoms with E-state index in [-0.39, 0.29) is 11.9 Å². The van der Waals surface area contributed by atoms with Gasteiger partial charge in [-0.25, -0.2) is 4.98 Å². The summed E-state index contributed by atoms with van der Waals surface area (Å²) >= 11 is 0. The van der Waals surface area contributed by atoms with Crippen molar-refractivity contribution in [2.24, 2.45) is 11.8 Å². The van der Waals surface area contributed by atoms with Gasteiger partial charge in [0.1, 0.15) is 5.69 Å². The molecule has 2 rings (SSSR count). The average molecular weight is 261 g/mol. The summed E-state index contributed by atoms with van der Waals surface area (Å²) in [4.78, 5) is 20.2. The van der Waals surface area contributed by atoms with E-state index in [1.165, 1.54) is 38.3 Å². The Balaban J connectivity index is 2.02. The van der Waals surface area contributed by atoms with E-state index in [1.807, 2.05) is 0 Å². The van der Waals surface area contributed by atoms with E-state index < -0.39 is 0 Å². The fourth-order valence-corrected chi connectivity index (χ4v) is 2.96. The van der Waals surface area contributed by atoms with Crippen LogP contribution in [-0.4, -0.2) is 21.9 Å². The van der Waals surface area contributed by atoms with E-state index in [1.54, 1.807) is 12.4 Å². The van der Waals surface area contributed by atoms with E-state index in [0.29, 0.717) is 17.5 Å². The van der Waals surface area contributed by atoms with Crippen molar-refractivity contribution in [1.29, 1.82) is 0 Å². The molecule has 4 nitrogen and oxygen atoms in total. The van der Waals surface area contributed by atoms with Crippen LogP contribution in [0.2, 0.25) is 0 Å². The Morgan fingerprint density at radius 2 is 2.00 bits per heavy atom. The Bertz CT molecular complexity index is 399. The molecular formula is C15H23N3O. The van der Waals surface area contributed by atoms with Gasteiger partial charge in [0.05, 0.1) is 6.20 Å². The second kappa shape index (κ2) is 6.64. The molecule has 0 saturated heterocycles. The monoisotopic (exact) mass is 261 g/mol. The third-order valence-electron chi connectivity index (χ3n) is 3.97. The molecule has 19 heavy (non-hydrogen) atoms. The summed E-state index contributed by atoms with van der Waals surface area (Å²) in [5.74, 6) is 0.954. The highest BCUT2D eigenvalue weighted by Gasteiger charge is 2.28. The van der Waals surface area contributed by atoms with E-state index in [4.69, 9.17) is 0 Å². The highest BCUT2D eigenvalue weighted by Crippen LogP contribution is 2.29. The topological polar surface area (TPSA) is 54.9 Å². The first-order valence-corrected chi connectivity index (χ1v) is 7.25. The van der Waals surface area contributed by atoms with Crippen molar-refractivity contribution in [3.05, 3.63) is 24.3 Å². The molecule has 1 unspecified atom stereocenters. The molecule has 1 atom stereocenters. The number of carbonyl (C=O) groups excluding carboxylic acids is 1. The highest BCUT2D eigenvalue weighted by atomic mass is 16.1. The molecule has 1 aliphatic carbocycles. The van der Waals surface area contributed by atoms with Gasteiger partial charge in [-0.1, -0.05) is 33.1 Å². The van der Waals surface area contributed by atoms with Crippen LogP contribution in [0.4, 0.5) is 0 Å². The molecule has 1 amide bonds. The zero-order chi connectivity index (χ0) is 13.7. The normalized spacial score (nSPS) is 18.3. The number of nitrogens with zero attached hydrogens (tertiary/aromatic N) is 2. The third kappa shape index (κ3) is 3.75. The molecule has 1 fully saturated rings. The average Bonchev–Trinajstić information content (AvgIpc) is 2.46. The van der Waals surface area contributed by atoms with Crippen molar-refractivity contribution < 1.29 is 4.79 Å². The predicted octanol–water partition coefficient (Wildman–Crippen LogP) is 2.81. The summed E-state index contributed by atoms with van der Waals surface area (Å²) in [5, 5.41) is 3.16. The number of amides is 1. The van der Waals surface area contributed by atoms with E-state index in [0.717, 1.165) is 0 Å². The van der Waals surface area contributed by atoms with Gasteiger partial charge in [0.2, 0.25) is 0 Å². The fraction of sp³-hybridized carbons (Fsp3) is 0.667. The van der Waals surface area contributed by atoms with Gasteiger partial charge in [0, 0.05) is 18.4 Å². The van der Waals surface area contributed by atoms with Gasteiger partial charge >= 0.3 is 0 Å². The predicted molar refractivity (Wildman–Crippen MR) is 74.7 cm³/mol. The first kappa shape index (κ1) is 14.0. The van der Waals surface area contributed by atoms with Crippen LogP contribution in [0.25, 0.3) is 0 Å². The molecule has 0 bridgehead atoms. The van der Waals surface area contributed by atoms with Crippen LogP contribution in [0, 0.1) is 11.8 Å². The number of rotatable bonds is 4. The van der Waals surface area contributed by atoms with Gasteiger partial charge in [0.15, 0.2) is 0 Å². The van der Waals surface area contributed by atoms with Gasteiger partial charge < -0.3 is 5.32 Å². The van der Waals surface area contributed by atoms with Crippen LogP contribution in [0.1, 0.15) is 56.4 Å². The van der Waals surface area contributed by atoms with E-state index >= 15 is 0 Å². The lowest BCUT2D eigenvalue weighted by Crippen LogP contribution is -2.44. The standard InChI is InChI=1S/C15H23N3O/c1-11(2)14(12-6-4-3-5-7-12)18-15(19)13-10-16-8-9-17-13/h8-12,14H,3-7H2,1-2H3,(H,18,19). The largest absolute Gasteiger partial charge is 0.347 e. The van der Waals surface area contributed by atoms with Crippen molar-refractivity contribution in [3.8, 4) is 0 Å². The Kier molecular flexibility index (Phi) is 4.88. The maximum absolute atomic E-state index is 12.2. The van der Waals surface area contributed by atoms with Gasteiger partial charge in [0.25, 0.3) is 5.91 Å². The minimum absolute atomic E-state index is 0.0997. The molecule has 1 saturated carbocycles. The Morgan fingerprint density at radius 1 is 1.26 bits per heavy atom. The summed E-state index contributed by atoms with van der Waals surface area (Å²) in [5.41, 5.74) is 0.406. The molecule has 1 heterocycles. The van der Waals surface area contributed by atoms with Crippen LogP contribution < -0.4 is 5.32 Å². The molecular weight excluding hydrogens is 238 g/mol. The van der Waals surface area contributed by atoms with Crippen LogP contribution in [0.15, 0.2) is 18.6 Å². The number of aromatic nitrogens is 2.